The van der Waals surface area contributed by atoms with Gasteiger partial charge in [0.15, 0.2) is 5.82 Å². The van der Waals surface area contributed by atoms with Gasteiger partial charge in [-0.3, -0.25) is 0 Å². The van der Waals surface area contributed by atoms with Gasteiger partial charge in [0.2, 0.25) is 5.82 Å². The molecule has 0 saturated heterocycles. The van der Waals surface area contributed by atoms with Crippen molar-refractivity contribution in [2.24, 2.45) is 0 Å². The molecule has 100 valence electrons. The van der Waals surface area contributed by atoms with Gasteiger partial charge >= 0.3 is 0 Å². The summed E-state index contributed by atoms with van der Waals surface area (Å²) in [4.78, 5) is 9.88. The minimum atomic E-state index is 0.335. The first-order valence-corrected chi connectivity index (χ1v) is 6.42. The molecule has 0 aliphatic rings. The maximum absolute atomic E-state index is 5.90. The Balaban J connectivity index is 1.84. The molecule has 0 saturated carbocycles. The molecule has 20 heavy (non-hydrogen) atoms. The summed E-state index contributed by atoms with van der Waals surface area (Å²) in [7, 11) is 0. The first-order valence-electron chi connectivity index (χ1n) is 6.04. The van der Waals surface area contributed by atoms with E-state index >= 15 is 0 Å². The minimum Gasteiger partial charge on any atom is -0.236 e. The average molecular weight is 287 g/mol. The summed E-state index contributed by atoms with van der Waals surface area (Å²) in [6.07, 6.45) is 0. The molecule has 1 aromatic carbocycles. The molecule has 3 aromatic rings. The molecule has 0 aliphatic heterocycles. The van der Waals surface area contributed by atoms with Crippen molar-refractivity contribution >= 4 is 11.6 Å². The van der Waals surface area contributed by atoms with E-state index in [-0.39, 0.29) is 0 Å². The number of rotatable bonds is 3. The SMILES string of the molecule is Cc1cc(Cl)nc(Cn2nnc(-c3ccccc3)n2)n1. The maximum atomic E-state index is 5.90. The summed E-state index contributed by atoms with van der Waals surface area (Å²) in [6.45, 7) is 2.20. The molecule has 0 atom stereocenters. The number of hydrogen-bond acceptors (Lipinski definition) is 5. The third kappa shape index (κ3) is 2.80. The van der Waals surface area contributed by atoms with Crippen molar-refractivity contribution in [1.29, 1.82) is 0 Å². The van der Waals surface area contributed by atoms with E-state index in [2.05, 4.69) is 25.4 Å². The van der Waals surface area contributed by atoms with Crippen LogP contribution in [0.2, 0.25) is 5.15 Å². The lowest BCUT2D eigenvalue weighted by Crippen LogP contribution is -2.08. The average Bonchev–Trinajstić information content (AvgIpc) is 2.87. The van der Waals surface area contributed by atoms with Crippen molar-refractivity contribution < 1.29 is 0 Å². The molecule has 0 aliphatic carbocycles. The summed E-state index contributed by atoms with van der Waals surface area (Å²) in [6, 6.07) is 11.4. The van der Waals surface area contributed by atoms with E-state index in [0.29, 0.717) is 23.3 Å². The molecule has 0 unspecified atom stereocenters. The lowest BCUT2D eigenvalue weighted by molar-refractivity contribution is 0.553. The summed E-state index contributed by atoms with van der Waals surface area (Å²) < 4.78 is 0. The Morgan fingerprint density at radius 3 is 2.70 bits per heavy atom. The fraction of sp³-hybridized carbons (Fsp3) is 0.154. The number of aryl methyl sites for hydroxylation is 1. The van der Waals surface area contributed by atoms with E-state index in [4.69, 9.17) is 11.6 Å². The molecule has 7 heteroatoms. The lowest BCUT2D eigenvalue weighted by Gasteiger charge is -2.00. The highest BCUT2D eigenvalue weighted by Crippen LogP contribution is 2.12. The van der Waals surface area contributed by atoms with Crippen LogP contribution < -0.4 is 0 Å². The third-order valence-corrected chi connectivity index (χ3v) is 2.83. The van der Waals surface area contributed by atoms with Crippen molar-refractivity contribution in [3.05, 3.63) is 53.1 Å². The summed E-state index contributed by atoms with van der Waals surface area (Å²) in [5, 5.41) is 12.7. The van der Waals surface area contributed by atoms with Crippen LogP contribution in [-0.4, -0.2) is 30.2 Å². The number of benzene rings is 1. The second-order valence-corrected chi connectivity index (χ2v) is 4.65. The van der Waals surface area contributed by atoms with Gasteiger partial charge < -0.3 is 0 Å². The van der Waals surface area contributed by atoms with Gasteiger partial charge in [0.1, 0.15) is 11.7 Å². The number of aromatic nitrogens is 6. The van der Waals surface area contributed by atoms with Crippen molar-refractivity contribution in [3.63, 3.8) is 0 Å². The predicted molar refractivity (Wildman–Crippen MR) is 74.1 cm³/mol. The van der Waals surface area contributed by atoms with E-state index in [9.17, 15) is 0 Å². The molecule has 3 rings (SSSR count). The predicted octanol–water partition coefficient (Wildman–Crippen LogP) is 2.14. The molecule has 6 nitrogen and oxygen atoms in total. The molecule has 2 heterocycles. The Labute approximate surface area is 120 Å². The normalized spacial score (nSPS) is 10.7. The van der Waals surface area contributed by atoms with Crippen molar-refractivity contribution in [2.75, 3.05) is 0 Å². The monoisotopic (exact) mass is 286 g/mol. The van der Waals surface area contributed by atoms with E-state index < -0.39 is 0 Å². The summed E-state index contributed by atoms with van der Waals surface area (Å²) >= 11 is 5.90. The lowest BCUT2D eigenvalue weighted by atomic mass is 10.2. The highest BCUT2D eigenvalue weighted by Gasteiger charge is 2.08. The van der Waals surface area contributed by atoms with Crippen LogP contribution in [0.15, 0.2) is 36.4 Å². The Morgan fingerprint density at radius 2 is 1.95 bits per heavy atom. The van der Waals surface area contributed by atoms with Gasteiger partial charge in [-0.1, -0.05) is 41.9 Å². The Hall–Kier alpha value is -2.34. The fourth-order valence-electron chi connectivity index (χ4n) is 1.80. The Kier molecular flexibility index (Phi) is 3.39. The van der Waals surface area contributed by atoms with Crippen LogP contribution in [-0.2, 0) is 6.54 Å². The number of halogens is 1. The molecule has 2 aromatic heterocycles. The van der Waals surface area contributed by atoms with Crippen LogP contribution in [0.3, 0.4) is 0 Å². The van der Waals surface area contributed by atoms with Crippen LogP contribution in [0.25, 0.3) is 11.4 Å². The molecule has 0 fully saturated rings. The van der Waals surface area contributed by atoms with Gasteiger partial charge in [0.25, 0.3) is 0 Å². The first kappa shape index (κ1) is 12.7. The quantitative estimate of drug-likeness (QED) is 0.690. The van der Waals surface area contributed by atoms with E-state index in [1.165, 1.54) is 4.80 Å². The van der Waals surface area contributed by atoms with Gasteiger partial charge in [0, 0.05) is 11.3 Å². The number of tetrazole rings is 1. The molecule has 0 spiro atoms. The second-order valence-electron chi connectivity index (χ2n) is 4.26. The number of hydrogen-bond donors (Lipinski definition) is 0. The fourth-order valence-corrected chi connectivity index (χ4v) is 2.05. The molecular formula is C13H11ClN6. The van der Waals surface area contributed by atoms with Crippen LogP contribution in [0.1, 0.15) is 11.5 Å². The van der Waals surface area contributed by atoms with Crippen LogP contribution in [0.5, 0.6) is 0 Å². The van der Waals surface area contributed by atoms with Crippen molar-refractivity contribution in [2.45, 2.75) is 13.5 Å². The van der Waals surface area contributed by atoms with E-state index in [1.807, 2.05) is 37.3 Å². The van der Waals surface area contributed by atoms with Crippen LogP contribution in [0.4, 0.5) is 0 Å². The second kappa shape index (κ2) is 5.34. The van der Waals surface area contributed by atoms with Gasteiger partial charge in [-0.15, -0.1) is 10.2 Å². The zero-order chi connectivity index (χ0) is 13.9. The summed E-state index contributed by atoms with van der Waals surface area (Å²) in [5.41, 5.74) is 1.73. The summed E-state index contributed by atoms with van der Waals surface area (Å²) in [5.74, 6) is 1.14. The Bertz CT molecular complexity index is 704. The van der Waals surface area contributed by atoms with Crippen LogP contribution >= 0.6 is 11.6 Å². The van der Waals surface area contributed by atoms with Gasteiger partial charge in [0.05, 0.1) is 0 Å². The molecule has 0 amide bonds. The van der Waals surface area contributed by atoms with E-state index in [0.717, 1.165) is 11.3 Å². The highest BCUT2D eigenvalue weighted by molar-refractivity contribution is 6.29. The van der Waals surface area contributed by atoms with E-state index in [1.54, 1.807) is 6.07 Å². The highest BCUT2D eigenvalue weighted by atomic mass is 35.5. The topological polar surface area (TPSA) is 69.4 Å². The first-order chi connectivity index (χ1) is 9.70. The molecule has 0 N–H and O–H groups in total. The number of nitrogens with zero attached hydrogens (tertiary/aromatic N) is 6. The molecule has 0 radical (unpaired) electrons. The molecule has 0 bridgehead atoms. The van der Waals surface area contributed by atoms with Crippen molar-refractivity contribution in [3.8, 4) is 11.4 Å². The largest absolute Gasteiger partial charge is 0.236 e. The van der Waals surface area contributed by atoms with Crippen LogP contribution in [0, 0.1) is 6.92 Å². The van der Waals surface area contributed by atoms with Gasteiger partial charge in [-0.2, -0.15) is 4.80 Å². The Morgan fingerprint density at radius 1 is 1.15 bits per heavy atom. The smallest absolute Gasteiger partial charge is 0.204 e. The molecular weight excluding hydrogens is 276 g/mol. The van der Waals surface area contributed by atoms with Crippen molar-refractivity contribution in [1.82, 2.24) is 30.2 Å². The van der Waals surface area contributed by atoms with Gasteiger partial charge in [-0.05, 0) is 18.2 Å². The zero-order valence-electron chi connectivity index (χ0n) is 10.7. The van der Waals surface area contributed by atoms with Gasteiger partial charge in [-0.25, -0.2) is 9.97 Å². The zero-order valence-corrected chi connectivity index (χ0v) is 11.5. The third-order valence-electron chi connectivity index (χ3n) is 2.64. The minimum absolute atomic E-state index is 0.335. The maximum Gasteiger partial charge on any atom is 0.204 e. The standard InChI is InChI=1S/C13H11ClN6/c1-9-7-11(14)16-12(15-9)8-20-18-13(17-19-20)10-5-3-2-4-6-10/h2-7H,8H2,1H3.